The van der Waals surface area contributed by atoms with Crippen LogP contribution in [0.25, 0.3) is 0 Å². The molecule has 3 rings (SSSR count). The number of hydrogen-bond acceptors (Lipinski definition) is 7. The number of non-ortho nitro benzene ring substituents is 1. The highest BCUT2D eigenvalue weighted by Gasteiger charge is 2.26. The number of rotatable bonds is 9. The molecule has 178 valence electrons. The second-order valence-corrected chi connectivity index (χ2v) is 9.54. The summed E-state index contributed by atoms with van der Waals surface area (Å²) in [6, 6.07) is 5.40. The Morgan fingerprint density at radius 1 is 1.24 bits per heavy atom. The van der Waals surface area contributed by atoms with Crippen molar-refractivity contribution >= 4 is 29.3 Å². The fourth-order valence-corrected chi connectivity index (χ4v) is 4.61. The van der Waals surface area contributed by atoms with E-state index < -0.39 is 16.9 Å². The molecule has 1 fully saturated rings. The summed E-state index contributed by atoms with van der Waals surface area (Å²) in [7, 11) is 1.80. The standard InChI is InChI=1S/C22H30N6O4S/c1-14(2)19(24-21(30)15-8-7-11-17(12-15)28(31)32)20-25-26-22(27(20)3)33-13-18(29)23-16-9-5-4-6-10-16/h7-8,11-12,14,16,19H,4-6,9-10,13H2,1-3H3,(H,23,29)(H,24,30)/t19-/m0/s1. The quantitative estimate of drug-likeness (QED) is 0.323. The van der Waals surface area contributed by atoms with Crippen molar-refractivity contribution in [2.75, 3.05) is 5.75 Å². The number of nitro benzene ring substituents is 1. The molecule has 0 unspecified atom stereocenters. The van der Waals surface area contributed by atoms with Gasteiger partial charge in [-0.05, 0) is 24.8 Å². The Kier molecular flexibility index (Phi) is 8.43. The van der Waals surface area contributed by atoms with Crippen molar-refractivity contribution in [2.24, 2.45) is 13.0 Å². The van der Waals surface area contributed by atoms with Gasteiger partial charge in [-0.2, -0.15) is 0 Å². The summed E-state index contributed by atoms with van der Waals surface area (Å²) in [5, 5.41) is 26.1. The van der Waals surface area contributed by atoms with Gasteiger partial charge in [0.1, 0.15) is 0 Å². The predicted molar refractivity (Wildman–Crippen MR) is 125 cm³/mol. The largest absolute Gasteiger partial charge is 0.353 e. The van der Waals surface area contributed by atoms with Crippen molar-refractivity contribution in [3.8, 4) is 0 Å². The summed E-state index contributed by atoms with van der Waals surface area (Å²) < 4.78 is 1.77. The minimum absolute atomic E-state index is 0.0111. The number of nitrogens with zero attached hydrogens (tertiary/aromatic N) is 4. The first kappa shape index (κ1) is 24.7. The van der Waals surface area contributed by atoms with Gasteiger partial charge >= 0.3 is 0 Å². The third-order valence-electron chi connectivity index (χ3n) is 5.72. The summed E-state index contributed by atoms with van der Waals surface area (Å²) >= 11 is 1.30. The molecule has 1 saturated carbocycles. The molecule has 2 amide bonds. The van der Waals surface area contributed by atoms with Crippen LogP contribution in [0.2, 0.25) is 0 Å². The molecular formula is C22H30N6O4S. The second-order valence-electron chi connectivity index (χ2n) is 8.59. The van der Waals surface area contributed by atoms with Gasteiger partial charge in [0.05, 0.1) is 16.7 Å². The lowest BCUT2D eigenvalue weighted by Crippen LogP contribution is -2.37. The zero-order valence-corrected chi connectivity index (χ0v) is 19.9. The van der Waals surface area contributed by atoms with Gasteiger partial charge in [0.2, 0.25) is 5.91 Å². The van der Waals surface area contributed by atoms with Crippen molar-refractivity contribution in [1.29, 1.82) is 0 Å². The van der Waals surface area contributed by atoms with Crippen molar-refractivity contribution < 1.29 is 14.5 Å². The summed E-state index contributed by atoms with van der Waals surface area (Å²) in [4.78, 5) is 35.6. The van der Waals surface area contributed by atoms with Crippen LogP contribution in [0.5, 0.6) is 0 Å². The first-order chi connectivity index (χ1) is 15.8. The lowest BCUT2D eigenvalue weighted by Gasteiger charge is -2.22. The van der Waals surface area contributed by atoms with Crippen LogP contribution in [0.3, 0.4) is 0 Å². The molecule has 0 spiro atoms. The molecule has 0 aliphatic heterocycles. The Labute approximate surface area is 197 Å². The molecule has 1 aliphatic rings. The van der Waals surface area contributed by atoms with E-state index in [0.29, 0.717) is 11.0 Å². The van der Waals surface area contributed by atoms with E-state index in [0.717, 1.165) is 25.7 Å². The Morgan fingerprint density at radius 3 is 2.64 bits per heavy atom. The SMILES string of the molecule is CC(C)[C@H](NC(=O)c1cccc([N+](=O)[O-])c1)c1nnc(SCC(=O)NC2CCCCC2)n1C. The second kappa shape index (κ2) is 11.3. The van der Waals surface area contributed by atoms with Gasteiger partial charge in [-0.15, -0.1) is 10.2 Å². The maximum absolute atomic E-state index is 12.8. The van der Waals surface area contributed by atoms with Crippen LogP contribution in [0, 0.1) is 16.0 Å². The Balaban J connectivity index is 1.65. The van der Waals surface area contributed by atoms with Crippen LogP contribution in [0.4, 0.5) is 5.69 Å². The molecule has 1 aromatic heterocycles. The van der Waals surface area contributed by atoms with E-state index in [9.17, 15) is 19.7 Å². The molecule has 2 N–H and O–H groups in total. The molecule has 10 nitrogen and oxygen atoms in total. The summed E-state index contributed by atoms with van der Waals surface area (Å²) in [6.45, 7) is 3.88. The third-order valence-corrected chi connectivity index (χ3v) is 6.74. The summed E-state index contributed by atoms with van der Waals surface area (Å²) in [5.74, 6) is 0.341. The maximum atomic E-state index is 12.8. The summed E-state index contributed by atoms with van der Waals surface area (Å²) in [6.07, 6.45) is 5.61. The monoisotopic (exact) mass is 474 g/mol. The zero-order valence-electron chi connectivity index (χ0n) is 19.1. The maximum Gasteiger partial charge on any atom is 0.270 e. The van der Waals surface area contributed by atoms with Crippen LogP contribution < -0.4 is 10.6 Å². The van der Waals surface area contributed by atoms with E-state index in [1.54, 1.807) is 11.6 Å². The minimum Gasteiger partial charge on any atom is -0.353 e. The van der Waals surface area contributed by atoms with Gasteiger partial charge in [-0.3, -0.25) is 19.7 Å². The zero-order chi connectivity index (χ0) is 24.0. The average Bonchev–Trinajstić information content (AvgIpc) is 3.16. The predicted octanol–water partition coefficient (Wildman–Crippen LogP) is 3.39. The van der Waals surface area contributed by atoms with E-state index >= 15 is 0 Å². The summed E-state index contributed by atoms with van der Waals surface area (Å²) in [5.41, 5.74) is 0.0543. The highest BCUT2D eigenvalue weighted by atomic mass is 32.2. The van der Waals surface area contributed by atoms with Crippen LogP contribution in [-0.4, -0.2) is 43.3 Å². The van der Waals surface area contributed by atoms with Crippen molar-refractivity contribution in [1.82, 2.24) is 25.4 Å². The number of amides is 2. The van der Waals surface area contributed by atoms with Crippen molar-refractivity contribution in [2.45, 2.75) is 63.2 Å². The van der Waals surface area contributed by atoms with Crippen molar-refractivity contribution in [3.05, 3.63) is 45.8 Å². The van der Waals surface area contributed by atoms with E-state index in [1.165, 1.54) is 42.4 Å². The Morgan fingerprint density at radius 2 is 1.97 bits per heavy atom. The number of benzene rings is 1. The molecule has 0 saturated heterocycles. The third kappa shape index (κ3) is 6.53. The molecule has 1 heterocycles. The normalized spacial score (nSPS) is 15.3. The molecule has 0 bridgehead atoms. The van der Waals surface area contributed by atoms with Crippen molar-refractivity contribution in [3.63, 3.8) is 0 Å². The van der Waals surface area contributed by atoms with Gasteiger partial charge in [0, 0.05) is 30.8 Å². The molecule has 0 radical (unpaired) electrons. The lowest BCUT2D eigenvalue weighted by atomic mass is 9.95. The molecule has 1 atom stereocenters. The molecule has 11 heteroatoms. The highest BCUT2D eigenvalue weighted by molar-refractivity contribution is 7.99. The number of aromatic nitrogens is 3. The fraction of sp³-hybridized carbons (Fsp3) is 0.545. The van der Waals surface area contributed by atoms with Gasteiger partial charge in [-0.25, -0.2) is 0 Å². The van der Waals surface area contributed by atoms with Gasteiger partial charge in [-0.1, -0.05) is 50.9 Å². The Bertz CT molecular complexity index is 1000. The number of carbonyl (C=O) groups is 2. The lowest BCUT2D eigenvalue weighted by molar-refractivity contribution is -0.384. The topological polar surface area (TPSA) is 132 Å². The number of nitrogens with one attached hydrogen (secondary N) is 2. The first-order valence-corrected chi connectivity index (χ1v) is 12.1. The van der Waals surface area contributed by atoms with Crippen LogP contribution in [0.1, 0.15) is 68.2 Å². The molecule has 1 aromatic carbocycles. The van der Waals surface area contributed by atoms with E-state index in [-0.39, 0.29) is 34.9 Å². The van der Waals surface area contributed by atoms with E-state index in [4.69, 9.17) is 0 Å². The minimum atomic E-state index is -0.534. The molecular weight excluding hydrogens is 444 g/mol. The van der Waals surface area contributed by atoms with E-state index in [2.05, 4.69) is 20.8 Å². The van der Waals surface area contributed by atoms with Gasteiger partial charge in [0.15, 0.2) is 11.0 Å². The fourth-order valence-electron chi connectivity index (χ4n) is 3.88. The number of hydrogen-bond donors (Lipinski definition) is 2. The smallest absolute Gasteiger partial charge is 0.270 e. The average molecular weight is 475 g/mol. The number of nitro groups is 1. The molecule has 2 aromatic rings. The van der Waals surface area contributed by atoms with Gasteiger partial charge < -0.3 is 15.2 Å². The first-order valence-electron chi connectivity index (χ1n) is 11.1. The number of thioether (sulfide) groups is 1. The van der Waals surface area contributed by atoms with Crippen LogP contribution in [0.15, 0.2) is 29.4 Å². The molecule has 1 aliphatic carbocycles. The number of carbonyl (C=O) groups excluding carboxylic acids is 2. The van der Waals surface area contributed by atoms with Gasteiger partial charge in [0.25, 0.3) is 11.6 Å². The highest BCUT2D eigenvalue weighted by Crippen LogP contribution is 2.25. The van der Waals surface area contributed by atoms with Crippen LogP contribution in [-0.2, 0) is 11.8 Å². The van der Waals surface area contributed by atoms with E-state index in [1.807, 2.05) is 13.8 Å². The Hall–Kier alpha value is -2.95. The van der Waals surface area contributed by atoms with Crippen LogP contribution >= 0.6 is 11.8 Å². The molecule has 33 heavy (non-hydrogen) atoms.